The predicted molar refractivity (Wildman–Crippen MR) is 79.4 cm³/mol. The van der Waals surface area contributed by atoms with Gasteiger partial charge in [0.2, 0.25) is 0 Å². The Morgan fingerprint density at radius 2 is 2.20 bits per heavy atom. The van der Waals surface area contributed by atoms with Gasteiger partial charge in [0.05, 0.1) is 0 Å². The molecule has 2 fully saturated rings. The number of aliphatic hydroxyl groups is 1. The SMILES string of the molecule is OC[C@]1(CC2CC2)CCCN(CCCn2cccn2)C1. The Kier molecular flexibility index (Phi) is 4.41. The molecule has 2 heterocycles. The zero-order valence-corrected chi connectivity index (χ0v) is 12.4. The maximum absolute atomic E-state index is 9.87. The summed E-state index contributed by atoms with van der Waals surface area (Å²) in [5.41, 5.74) is 0.200. The highest BCUT2D eigenvalue weighted by molar-refractivity contribution is 4.91. The van der Waals surface area contributed by atoms with E-state index in [4.69, 9.17) is 0 Å². The fourth-order valence-corrected chi connectivity index (χ4v) is 3.68. The molecule has 1 N–H and O–H groups in total. The van der Waals surface area contributed by atoms with Crippen molar-refractivity contribution < 1.29 is 5.11 Å². The Labute approximate surface area is 121 Å². The molecule has 112 valence electrons. The highest BCUT2D eigenvalue weighted by atomic mass is 16.3. The smallest absolute Gasteiger partial charge is 0.0499 e. The molecule has 20 heavy (non-hydrogen) atoms. The van der Waals surface area contributed by atoms with Crippen LogP contribution >= 0.6 is 0 Å². The quantitative estimate of drug-likeness (QED) is 0.830. The molecule has 0 spiro atoms. The summed E-state index contributed by atoms with van der Waals surface area (Å²) < 4.78 is 2.01. The van der Waals surface area contributed by atoms with Gasteiger partial charge in [-0.15, -0.1) is 0 Å². The van der Waals surface area contributed by atoms with Crippen molar-refractivity contribution in [2.24, 2.45) is 11.3 Å². The van der Waals surface area contributed by atoms with Crippen molar-refractivity contribution in [1.29, 1.82) is 0 Å². The Morgan fingerprint density at radius 3 is 2.90 bits per heavy atom. The highest BCUT2D eigenvalue weighted by Crippen LogP contribution is 2.44. The second kappa shape index (κ2) is 6.27. The lowest BCUT2D eigenvalue weighted by atomic mass is 9.76. The average Bonchev–Trinajstić information content (AvgIpc) is 3.11. The van der Waals surface area contributed by atoms with Crippen LogP contribution in [0.15, 0.2) is 18.5 Å². The number of aryl methyl sites for hydroxylation is 1. The van der Waals surface area contributed by atoms with Crippen LogP contribution in [0.5, 0.6) is 0 Å². The predicted octanol–water partition coefficient (Wildman–Crippen LogP) is 2.15. The standard InChI is InChI=1S/C16H27N3O/c20-14-16(12-15-4-5-15)6-1-8-18(13-16)9-3-11-19-10-2-7-17-19/h2,7,10,15,20H,1,3-6,8-9,11-14H2/t16-/m0/s1. The third-order valence-corrected chi connectivity index (χ3v) is 4.92. The van der Waals surface area contributed by atoms with Crippen molar-refractivity contribution in [3.63, 3.8) is 0 Å². The fourth-order valence-electron chi connectivity index (χ4n) is 3.68. The van der Waals surface area contributed by atoms with E-state index in [0.29, 0.717) is 6.61 Å². The summed E-state index contributed by atoms with van der Waals surface area (Å²) in [6, 6.07) is 1.98. The Bertz CT molecular complexity index is 402. The zero-order chi connectivity index (χ0) is 13.8. The van der Waals surface area contributed by atoms with E-state index in [1.165, 1.54) is 38.6 Å². The molecule has 2 aliphatic rings. The number of hydrogen-bond acceptors (Lipinski definition) is 3. The number of likely N-dealkylation sites (tertiary alicyclic amines) is 1. The summed E-state index contributed by atoms with van der Waals surface area (Å²) in [6.07, 6.45) is 11.5. The molecule has 1 saturated heterocycles. The number of nitrogens with zero attached hydrogens (tertiary/aromatic N) is 3. The summed E-state index contributed by atoms with van der Waals surface area (Å²) in [5, 5.41) is 14.1. The van der Waals surface area contributed by atoms with Crippen molar-refractivity contribution in [1.82, 2.24) is 14.7 Å². The van der Waals surface area contributed by atoms with Crippen molar-refractivity contribution in [3.05, 3.63) is 18.5 Å². The molecule has 3 rings (SSSR count). The number of rotatable bonds is 7. The van der Waals surface area contributed by atoms with Crippen LogP contribution in [0, 0.1) is 11.3 Å². The zero-order valence-electron chi connectivity index (χ0n) is 12.4. The first-order chi connectivity index (χ1) is 9.80. The molecule has 1 aromatic heterocycles. The maximum Gasteiger partial charge on any atom is 0.0499 e. The van der Waals surface area contributed by atoms with Crippen molar-refractivity contribution in [2.75, 3.05) is 26.2 Å². The van der Waals surface area contributed by atoms with Gasteiger partial charge in [0, 0.05) is 37.5 Å². The highest BCUT2D eigenvalue weighted by Gasteiger charge is 2.39. The molecule has 1 saturated carbocycles. The van der Waals surface area contributed by atoms with E-state index >= 15 is 0 Å². The lowest BCUT2D eigenvalue weighted by Crippen LogP contribution is -2.46. The van der Waals surface area contributed by atoms with Crippen LogP contribution in [0.2, 0.25) is 0 Å². The van der Waals surface area contributed by atoms with Crippen LogP contribution in [0.25, 0.3) is 0 Å². The monoisotopic (exact) mass is 277 g/mol. The van der Waals surface area contributed by atoms with Crippen LogP contribution < -0.4 is 0 Å². The molecular weight excluding hydrogens is 250 g/mol. The largest absolute Gasteiger partial charge is 0.396 e. The van der Waals surface area contributed by atoms with Gasteiger partial charge in [0.1, 0.15) is 0 Å². The molecule has 0 unspecified atom stereocenters. The van der Waals surface area contributed by atoms with Gasteiger partial charge < -0.3 is 10.0 Å². The van der Waals surface area contributed by atoms with Gasteiger partial charge in [-0.05, 0) is 50.8 Å². The van der Waals surface area contributed by atoms with Crippen molar-refractivity contribution in [2.45, 2.75) is 45.1 Å². The van der Waals surface area contributed by atoms with Gasteiger partial charge in [0.25, 0.3) is 0 Å². The van der Waals surface area contributed by atoms with E-state index in [0.717, 1.165) is 32.0 Å². The van der Waals surface area contributed by atoms with Gasteiger partial charge in [-0.2, -0.15) is 5.10 Å². The summed E-state index contributed by atoms with van der Waals surface area (Å²) >= 11 is 0. The first kappa shape index (κ1) is 14.1. The van der Waals surface area contributed by atoms with E-state index in [1.54, 1.807) is 0 Å². The van der Waals surface area contributed by atoms with Gasteiger partial charge >= 0.3 is 0 Å². The van der Waals surface area contributed by atoms with Crippen LogP contribution in [0.4, 0.5) is 0 Å². The Balaban J connectivity index is 1.46. The van der Waals surface area contributed by atoms with Gasteiger partial charge in [-0.3, -0.25) is 4.68 Å². The van der Waals surface area contributed by atoms with Crippen molar-refractivity contribution >= 4 is 0 Å². The number of piperidine rings is 1. The van der Waals surface area contributed by atoms with Gasteiger partial charge in [-0.25, -0.2) is 0 Å². The van der Waals surface area contributed by atoms with Gasteiger partial charge in [0.15, 0.2) is 0 Å². The van der Waals surface area contributed by atoms with Gasteiger partial charge in [-0.1, -0.05) is 12.8 Å². The first-order valence-electron chi connectivity index (χ1n) is 8.10. The Hall–Kier alpha value is -0.870. The van der Waals surface area contributed by atoms with E-state index in [9.17, 15) is 5.11 Å². The summed E-state index contributed by atoms with van der Waals surface area (Å²) in [7, 11) is 0. The molecule has 0 radical (unpaired) electrons. The molecular formula is C16H27N3O. The molecule has 4 heteroatoms. The van der Waals surface area contributed by atoms with E-state index in [2.05, 4.69) is 10.00 Å². The lowest BCUT2D eigenvalue weighted by Gasteiger charge is -2.42. The minimum atomic E-state index is 0.200. The average molecular weight is 277 g/mol. The molecule has 1 aliphatic carbocycles. The minimum absolute atomic E-state index is 0.200. The number of aromatic nitrogens is 2. The molecule has 1 aromatic rings. The molecule has 0 aromatic carbocycles. The summed E-state index contributed by atoms with van der Waals surface area (Å²) in [4.78, 5) is 2.56. The maximum atomic E-state index is 9.87. The second-order valence-corrected chi connectivity index (χ2v) is 6.81. The van der Waals surface area contributed by atoms with E-state index in [-0.39, 0.29) is 5.41 Å². The van der Waals surface area contributed by atoms with Crippen LogP contribution in [-0.2, 0) is 6.54 Å². The number of aliphatic hydroxyl groups excluding tert-OH is 1. The van der Waals surface area contributed by atoms with Crippen LogP contribution in [0.1, 0.15) is 38.5 Å². The second-order valence-electron chi connectivity index (χ2n) is 6.81. The van der Waals surface area contributed by atoms with E-state index in [1.807, 2.05) is 23.1 Å². The molecule has 1 aliphatic heterocycles. The third-order valence-electron chi connectivity index (χ3n) is 4.92. The summed E-state index contributed by atoms with van der Waals surface area (Å²) in [6.45, 7) is 4.80. The normalized spacial score (nSPS) is 27.9. The Morgan fingerprint density at radius 1 is 1.30 bits per heavy atom. The minimum Gasteiger partial charge on any atom is -0.396 e. The number of hydrogen-bond donors (Lipinski definition) is 1. The third kappa shape index (κ3) is 3.61. The lowest BCUT2D eigenvalue weighted by molar-refractivity contribution is 0.0205. The van der Waals surface area contributed by atoms with Crippen LogP contribution in [0.3, 0.4) is 0 Å². The van der Waals surface area contributed by atoms with E-state index < -0.39 is 0 Å². The molecule has 0 bridgehead atoms. The first-order valence-corrected chi connectivity index (χ1v) is 8.10. The topological polar surface area (TPSA) is 41.3 Å². The fraction of sp³-hybridized carbons (Fsp3) is 0.812. The van der Waals surface area contributed by atoms with Crippen molar-refractivity contribution in [3.8, 4) is 0 Å². The molecule has 0 amide bonds. The molecule has 1 atom stereocenters. The van der Waals surface area contributed by atoms with Crippen LogP contribution in [-0.4, -0.2) is 46.0 Å². The summed E-state index contributed by atoms with van der Waals surface area (Å²) in [5.74, 6) is 0.908. The molecule has 4 nitrogen and oxygen atoms in total.